The normalized spacial score (nSPS) is 16.0. The minimum absolute atomic E-state index is 0.000578. The van der Waals surface area contributed by atoms with Gasteiger partial charge < -0.3 is 21.3 Å². The molecule has 0 spiro atoms. The summed E-state index contributed by atoms with van der Waals surface area (Å²) in [5, 5.41) is 5.78. The van der Waals surface area contributed by atoms with E-state index in [0.717, 1.165) is 39.8 Å². The van der Waals surface area contributed by atoms with Gasteiger partial charge in [-0.25, -0.2) is 9.18 Å². The third-order valence-corrected chi connectivity index (χ3v) is 7.48. The molecule has 3 amide bonds. The van der Waals surface area contributed by atoms with E-state index >= 15 is 0 Å². The third-order valence-electron chi connectivity index (χ3n) is 7.48. The molecule has 4 N–H and O–H groups in total. The van der Waals surface area contributed by atoms with Gasteiger partial charge >= 0.3 is 6.03 Å². The van der Waals surface area contributed by atoms with Crippen molar-refractivity contribution in [2.45, 2.75) is 38.6 Å². The predicted molar refractivity (Wildman–Crippen MR) is 163 cm³/mol. The van der Waals surface area contributed by atoms with Crippen LogP contribution in [0, 0.1) is 11.8 Å². The molecule has 5 rings (SSSR count). The Morgan fingerprint density at radius 2 is 1.98 bits per heavy atom. The van der Waals surface area contributed by atoms with Gasteiger partial charge in [-0.2, -0.15) is 0 Å². The fraction of sp³-hybridized carbons (Fsp3) is 0.265. The summed E-state index contributed by atoms with van der Waals surface area (Å²) in [5.74, 6) is 6.30. The molecule has 0 saturated carbocycles. The first-order chi connectivity index (χ1) is 20.4. The van der Waals surface area contributed by atoms with Crippen molar-refractivity contribution >= 4 is 17.6 Å². The second-order valence-corrected chi connectivity index (χ2v) is 10.5. The molecular weight excluding hydrogens is 529 g/mol. The Balaban J connectivity index is 1.40. The first-order valence-corrected chi connectivity index (χ1v) is 14.2. The zero-order chi connectivity index (χ0) is 29.5. The van der Waals surface area contributed by atoms with Gasteiger partial charge in [0.2, 0.25) is 0 Å². The van der Waals surface area contributed by atoms with Gasteiger partial charge in [-0.05, 0) is 84.9 Å². The number of benzene rings is 2. The van der Waals surface area contributed by atoms with E-state index in [0.29, 0.717) is 50.1 Å². The lowest BCUT2D eigenvalue weighted by atomic mass is 9.89. The third kappa shape index (κ3) is 6.93. The Bertz CT molecular complexity index is 1600. The van der Waals surface area contributed by atoms with Crippen molar-refractivity contribution in [2.24, 2.45) is 5.73 Å². The van der Waals surface area contributed by atoms with Gasteiger partial charge in [0.15, 0.2) is 0 Å². The lowest BCUT2D eigenvalue weighted by molar-refractivity contribution is 0.0673. The molecule has 7 nitrogen and oxygen atoms in total. The largest absolute Gasteiger partial charge is 0.338 e. The topological polar surface area (TPSA) is 100 Å². The molecule has 0 bridgehead atoms. The molecule has 42 heavy (non-hydrogen) atoms. The number of anilines is 1. The summed E-state index contributed by atoms with van der Waals surface area (Å²) in [6.07, 6.45) is 8.95. The van der Waals surface area contributed by atoms with Crippen LogP contribution in [0.4, 0.5) is 14.9 Å². The van der Waals surface area contributed by atoms with E-state index in [1.165, 1.54) is 6.08 Å². The fourth-order valence-electron chi connectivity index (χ4n) is 5.27. The molecule has 0 radical (unpaired) electrons. The monoisotopic (exact) mass is 563 g/mol. The molecule has 2 heterocycles. The zero-order valence-electron chi connectivity index (χ0n) is 23.6. The second-order valence-electron chi connectivity index (χ2n) is 10.5. The van der Waals surface area contributed by atoms with Crippen LogP contribution in [-0.2, 0) is 12.8 Å². The maximum absolute atomic E-state index is 13.5. The number of fused-ring (bicyclic) bond motifs is 1. The summed E-state index contributed by atoms with van der Waals surface area (Å²) in [5.41, 5.74) is 12.4. The van der Waals surface area contributed by atoms with Crippen LogP contribution in [0.1, 0.15) is 46.8 Å². The molecule has 1 atom stereocenters. The number of amides is 3. The predicted octanol–water partition coefficient (Wildman–Crippen LogP) is 5.38. The van der Waals surface area contributed by atoms with Gasteiger partial charge in [-0.1, -0.05) is 36.1 Å². The van der Waals surface area contributed by atoms with Crippen LogP contribution in [0.15, 0.2) is 84.5 Å². The van der Waals surface area contributed by atoms with Crippen molar-refractivity contribution in [2.75, 3.05) is 25.0 Å². The Labute approximate surface area is 245 Å². The summed E-state index contributed by atoms with van der Waals surface area (Å²) in [6, 6.07) is 15.1. The van der Waals surface area contributed by atoms with Crippen molar-refractivity contribution in [3.63, 3.8) is 0 Å². The summed E-state index contributed by atoms with van der Waals surface area (Å²) in [4.78, 5) is 31.7. The quantitative estimate of drug-likeness (QED) is 0.336. The molecule has 3 aromatic rings. The number of aromatic nitrogens is 1. The molecule has 2 aromatic carbocycles. The highest BCUT2D eigenvalue weighted by Crippen LogP contribution is 2.31. The van der Waals surface area contributed by atoms with Crippen LogP contribution in [0.2, 0.25) is 0 Å². The Morgan fingerprint density at radius 3 is 2.74 bits per heavy atom. The molecule has 1 unspecified atom stereocenters. The van der Waals surface area contributed by atoms with Gasteiger partial charge in [-0.3, -0.25) is 9.78 Å². The fourth-order valence-corrected chi connectivity index (χ4v) is 5.27. The molecule has 1 aliphatic heterocycles. The molecule has 8 heteroatoms. The minimum atomic E-state index is -0.315. The van der Waals surface area contributed by atoms with E-state index in [1.54, 1.807) is 18.5 Å². The number of rotatable bonds is 7. The summed E-state index contributed by atoms with van der Waals surface area (Å²) < 4.78 is 13.5. The van der Waals surface area contributed by atoms with Crippen molar-refractivity contribution < 1.29 is 14.0 Å². The minimum Gasteiger partial charge on any atom is -0.338 e. The maximum Gasteiger partial charge on any atom is 0.319 e. The number of carbonyl (C=O) groups excluding carboxylic acids is 2. The van der Waals surface area contributed by atoms with E-state index < -0.39 is 0 Å². The molecule has 0 fully saturated rings. The highest BCUT2D eigenvalue weighted by molar-refractivity contribution is 5.98. The summed E-state index contributed by atoms with van der Waals surface area (Å²) >= 11 is 0. The Kier molecular flexibility index (Phi) is 9.10. The number of urea groups is 1. The number of carbonyl (C=O) groups is 2. The number of nitrogens with two attached hydrogens (primary N) is 1. The van der Waals surface area contributed by atoms with E-state index in [2.05, 4.69) is 33.5 Å². The van der Waals surface area contributed by atoms with Crippen LogP contribution in [0.3, 0.4) is 0 Å². The van der Waals surface area contributed by atoms with E-state index in [9.17, 15) is 14.0 Å². The maximum atomic E-state index is 13.5. The van der Waals surface area contributed by atoms with Crippen LogP contribution in [-0.4, -0.2) is 47.5 Å². The average Bonchev–Trinajstić information content (AvgIpc) is 2.99. The molecule has 2 aliphatic rings. The number of nitrogens with one attached hydrogen (secondary N) is 2. The van der Waals surface area contributed by atoms with Crippen molar-refractivity contribution in [1.82, 2.24) is 15.2 Å². The number of hydrogen-bond acceptors (Lipinski definition) is 4. The van der Waals surface area contributed by atoms with Crippen LogP contribution in [0.5, 0.6) is 0 Å². The first-order valence-electron chi connectivity index (χ1n) is 14.2. The molecule has 1 aromatic heterocycles. The second kappa shape index (κ2) is 13.3. The average molecular weight is 564 g/mol. The lowest BCUT2D eigenvalue weighted by Gasteiger charge is -2.34. The number of pyridine rings is 1. The molecule has 1 aliphatic carbocycles. The van der Waals surface area contributed by atoms with E-state index in [1.807, 2.05) is 54.3 Å². The molecule has 0 saturated heterocycles. The highest BCUT2D eigenvalue weighted by atomic mass is 19.1. The van der Waals surface area contributed by atoms with Crippen LogP contribution < -0.4 is 16.4 Å². The van der Waals surface area contributed by atoms with E-state index in [-0.39, 0.29) is 23.8 Å². The van der Waals surface area contributed by atoms with Gasteiger partial charge in [0, 0.05) is 66.9 Å². The number of halogens is 1. The molecular formula is C34H34FN5O2. The van der Waals surface area contributed by atoms with Crippen LogP contribution in [0.25, 0.3) is 11.1 Å². The summed E-state index contributed by atoms with van der Waals surface area (Å²) in [7, 11) is 0. The van der Waals surface area contributed by atoms with Crippen LogP contribution >= 0.6 is 0 Å². The lowest BCUT2D eigenvalue weighted by Crippen LogP contribution is -2.46. The van der Waals surface area contributed by atoms with Crippen molar-refractivity contribution in [3.05, 3.63) is 107 Å². The number of nitrogens with zero attached hydrogens (tertiary/aromatic N) is 2. The first kappa shape index (κ1) is 28.8. The smallest absolute Gasteiger partial charge is 0.319 e. The van der Waals surface area contributed by atoms with E-state index in [4.69, 9.17) is 5.73 Å². The van der Waals surface area contributed by atoms with Crippen molar-refractivity contribution in [3.8, 4) is 23.0 Å². The standard InChI is InChI=1S/C34H34FN5O2/c1-23-19-28-20-26(8-12-32(28)33(41)40(23)18-15-36)31-13-11-30(21-27(31)7-4-24-5-9-29(35)10-6-24)39-34(42)38-17-14-25-3-2-16-37-22-25/h2-3,5,8-9,11-13,16,20-23H,6,10,14-15,17-19,36H2,1H3,(H2,38,39,42). The number of allylic oxidation sites excluding steroid dienone is 4. The van der Waals surface area contributed by atoms with Gasteiger partial charge in [0.05, 0.1) is 0 Å². The molecule has 214 valence electrons. The zero-order valence-corrected chi connectivity index (χ0v) is 23.6. The highest BCUT2D eigenvalue weighted by Gasteiger charge is 2.29. The van der Waals surface area contributed by atoms with Gasteiger partial charge in [0.1, 0.15) is 5.83 Å². The number of hydrogen-bond donors (Lipinski definition) is 3. The SMILES string of the molecule is CC1Cc2cc(-c3ccc(NC(=O)NCCc4cccnc4)cc3C#CC3=CC=C(F)CC3)ccc2C(=O)N1CCN. The Morgan fingerprint density at radius 1 is 1.12 bits per heavy atom. The van der Waals surface area contributed by atoms with Gasteiger partial charge in [0.25, 0.3) is 5.91 Å². The Hall–Kier alpha value is -4.74. The summed E-state index contributed by atoms with van der Waals surface area (Å²) in [6.45, 7) is 3.46. The van der Waals surface area contributed by atoms with Gasteiger partial charge in [-0.15, -0.1) is 0 Å². The van der Waals surface area contributed by atoms with Crippen molar-refractivity contribution in [1.29, 1.82) is 0 Å².